The third-order valence-corrected chi connectivity index (χ3v) is 1.63. The van der Waals surface area contributed by atoms with E-state index >= 15 is 0 Å². The van der Waals surface area contributed by atoms with Gasteiger partial charge < -0.3 is 10.6 Å². The fourth-order valence-corrected chi connectivity index (χ4v) is 1.00. The molecule has 0 atom stereocenters. The van der Waals surface area contributed by atoms with E-state index < -0.39 is 5.97 Å². The molecule has 0 aliphatic carbocycles. The number of amidine groups is 1. The number of carbonyl (C=O) groups is 1. The van der Waals surface area contributed by atoms with Gasteiger partial charge in [0.25, 0.3) is 0 Å². The summed E-state index contributed by atoms with van der Waals surface area (Å²) in [5.41, 5.74) is 6.14. The average Bonchev–Trinajstić information content (AvgIpc) is 2.14. The van der Waals surface area contributed by atoms with Gasteiger partial charge in [-0.3, -0.25) is 0 Å². The first-order chi connectivity index (χ1) is 6.59. The van der Waals surface area contributed by atoms with Crippen LogP contribution in [0.2, 0.25) is 5.02 Å². The molecule has 0 aliphatic rings. The lowest BCUT2D eigenvalue weighted by Gasteiger charge is -1.99. The summed E-state index contributed by atoms with van der Waals surface area (Å²) < 4.78 is 0. The molecule has 0 radical (unpaired) electrons. The Morgan fingerprint density at radius 2 is 2.29 bits per heavy atom. The fraction of sp³-hybridized carbons (Fsp3) is 0.111. The van der Waals surface area contributed by atoms with Crippen LogP contribution in [0.5, 0.6) is 0 Å². The largest absolute Gasteiger partial charge is 0.380 e. The molecule has 1 aromatic rings. The van der Waals surface area contributed by atoms with Crippen LogP contribution >= 0.6 is 11.6 Å². The Kier molecular flexibility index (Phi) is 3.48. The average molecular weight is 213 g/mol. The molecule has 4 nitrogen and oxygen atoms in total. The quantitative estimate of drug-likeness (QED) is 0.350. The number of hydrogen-bond acceptors (Lipinski definition) is 3. The van der Waals surface area contributed by atoms with Crippen molar-refractivity contribution in [1.82, 2.24) is 0 Å². The van der Waals surface area contributed by atoms with E-state index in [2.05, 4.69) is 9.99 Å². The molecular weight excluding hydrogens is 204 g/mol. The highest BCUT2D eigenvalue weighted by molar-refractivity contribution is 6.31. The molecule has 0 saturated heterocycles. The summed E-state index contributed by atoms with van der Waals surface area (Å²) in [6, 6.07) is 6.79. The Morgan fingerprint density at radius 1 is 1.57 bits per heavy atom. The molecule has 2 N–H and O–H groups in total. The van der Waals surface area contributed by atoms with Gasteiger partial charge in [0.2, 0.25) is 0 Å². The van der Waals surface area contributed by atoms with Gasteiger partial charge in [0.1, 0.15) is 0 Å². The highest BCUT2D eigenvalue weighted by Crippen LogP contribution is 2.10. The minimum Gasteiger partial charge on any atom is -0.380 e. The number of halogens is 1. The number of oxime groups is 1. The van der Waals surface area contributed by atoms with Crippen LogP contribution in [0.25, 0.3) is 0 Å². The number of benzene rings is 1. The van der Waals surface area contributed by atoms with E-state index in [1.807, 2.05) is 0 Å². The van der Waals surface area contributed by atoms with Crippen LogP contribution in [-0.2, 0) is 9.63 Å². The topological polar surface area (TPSA) is 64.7 Å². The Hall–Kier alpha value is -1.55. The molecule has 0 unspecified atom stereocenters. The zero-order valence-corrected chi connectivity index (χ0v) is 8.28. The second-order valence-electron chi connectivity index (χ2n) is 2.57. The highest BCUT2D eigenvalue weighted by Gasteiger charge is 2.00. The van der Waals surface area contributed by atoms with E-state index in [1.165, 1.54) is 6.92 Å². The van der Waals surface area contributed by atoms with Crippen LogP contribution < -0.4 is 5.73 Å². The smallest absolute Gasteiger partial charge is 0.332 e. The van der Waals surface area contributed by atoms with Crippen LogP contribution in [0.1, 0.15) is 12.5 Å². The maximum absolute atomic E-state index is 10.4. The first-order valence-electron chi connectivity index (χ1n) is 3.86. The van der Waals surface area contributed by atoms with Crippen molar-refractivity contribution < 1.29 is 9.63 Å². The summed E-state index contributed by atoms with van der Waals surface area (Å²) >= 11 is 5.73. The molecule has 14 heavy (non-hydrogen) atoms. The molecule has 0 aliphatic heterocycles. The number of nitrogens with zero attached hydrogens (tertiary/aromatic N) is 1. The van der Waals surface area contributed by atoms with E-state index in [4.69, 9.17) is 17.3 Å². The third kappa shape index (κ3) is 3.06. The fourth-order valence-electron chi connectivity index (χ4n) is 0.814. The van der Waals surface area contributed by atoms with Crippen molar-refractivity contribution in [3.8, 4) is 0 Å². The predicted octanol–water partition coefficient (Wildman–Crippen LogP) is 1.52. The molecule has 74 valence electrons. The van der Waals surface area contributed by atoms with Gasteiger partial charge in [-0.15, -0.1) is 0 Å². The maximum Gasteiger partial charge on any atom is 0.332 e. The normalized spacial score (nSPS) is 11.1. The molecule has 0 aromatic heterocycles. The summed E-state index contributed by atoms with van der Waals surface area (Å²) in [5, 5.41) is 3.97. The Bertz CT molecular complexity index is 377. The second-order valence-corrected chi connectivity index (χ2v) is 3.01. The lowest BCUT2D eigenvalue weighted by molar-refractivity contribution is -0.140. The number of nitrogens with two attached hydrogens (primary N) is 1. The molecule has 1 aromatic carbocycles. The summed E-state index contributed by atoms with van der Waals surface area (Å²) in [6.07, 6.45) is 0. The van der Waals surface area contributed by atoms with Crippen molar-refractivity contribution in [1.29, 1.82) is 0 Å². The summed E-state index contributed by atoms with van der Waals surface area (Å²) in [7, 11) is 0. The Labute approximate surface area is 86.3 Å². The van der Waals surface area contributed by atoms with Gasteiger partial charge in [-0.1, -0.05) is 28.9 Å². The van der Waals surface area contributed by atoms with Crippen molar-refractivity contribution in [3.63, 3.8) is 0 Å². The lowest BCUT2D eigenvalue weighted by atomic mass is 10.2. The monoisotopic (exact) mass is 212 g/mol. The van der Waals surface area contributed by atoms with E-state index in [-0.39, 0.29) is 5.84 Å². The van der Waals surface area contributed by atoms with Gasteiger partial charge in [0, 0.05) is 17.5 Å². The summed E-state index contributed by atoms with van der Waals surface area (Å²) in [6.45, 7) is 1.24. The van der Waals surface area contributed by atoms with Gasteiger partial charge in [0.15, 0.2) is 5.84 Å². The molecule has 1 rings (SSSR count). The Morgan fingerprint density at radius 3 is 2.86 bits per heavy atom. The van der Waals surface area contributed by atoms with Crippen LogP contribution in [-0.4, -0.2) is 11.8 Å². The highest BCUT2D eigenvalue weighted by atomic mass is 35.5. The molecule has 0 bridgehead atoms. The van der Waals surface area contributed by atoms with E-state index in [1.54, 1.807) is 24.3 Å². The second kappa shape index (κ2) is 4.62. The maximum atomic E-state index is 10.4. The molecule has 0 amide bonds. The van der Waals surface area contributed by atoms with Crippen molar-refractivity contribution in [3.05, 3.63) is 34.9 Å². The van der Waals surface area contributed by atoms with Crippen LogP contribution in [0.3, 0.4) is 0 Å². The summed E-state index contributed by atoms with van der Waals surface area (Å²) in [5.74, 6) is -0.405. The van der Waals surface area contributed by atoms with E-state index in [0.29, 0.717) is 10.6 Å². The predicted molar refractivity (Wildman–Crippen MR) is 53.9 cm³/mol. The number of carbonyl (C=O) groups excluding carboxylic acids is 1. The third-order valence-electron chi connectivity index (χ3n) is 1.39. The molecule has 0 fully saturated rings. The first-order valence-corrected chi connectivity index (χ1v) is 4.24. The van der Waals surface area contributed by atoms with Crippen molar-refractivity contribution in [2.24, 2.45) is 10.9 Å². The molecule has 0 saturated carbocycles. The molecule has 0 heterocycles. The van der Waals surface area contributed by atoms with Gasteiger partial charge in [-0.05, 0) is 12.1 Å². The Balaban J connectivity index is 2.83. The van der Waals surface area contributed by atoms with Crippen molar-refractivity contribution in [2.45, 2.75) is 6.92 Å². The molecule has 0 spiro atoms. The van der Waals surface area contributed by atoms with Gasteiger partial charge in [-0.2, -0.15) is 0 Å². The lowest BCUT2D eigenvalue weighted by Crippen LogP contribution is -2.14. The van der Waals surface area contributed by atoms with E-state index in [9.17, 15) is 4.79 Å². The van der Waals surface area contributed by atoms with Crippen LogP contribution in [0, 0.1) is 0 Å². The van der Waals surface area contributed by atoms with Gasteiger partial charge in [0.05, 0.1) is 0 Å². The van der Waals surface area contributed by atoms with Crippen LogP contribution in [0.4, 0.5) is 0 Å². The summed E-state index contributed by atoms with van der Waals surface area (Å²) in [4.78, 5) is 14.8. The first kappa shape index (κ1) is 10.5. The minimum atomic E-state index is -0.519. The minimum absolute atomic E-state index is 0.114. The van der Waals surface area contributed by atoms with Crippen molar-refractivity contribution in [2.75, 3.05) is 0 Å². The molecular formula is C9H9ClN2O2. The van der Waals surface area contributed by atoms with Crippen LogP contribution in [0.15, 0.2) is 29.4 Å². The standard InChI is InChI=1S/C9H9ClN2O2/c1-6(13)14-12-9(11)7-3-2-4-8(10)5-7/h2-5H,1H3,(H2,11,12). The zero-order chi connectivity index (χ0) is 10.6. The van der Waals surface area contributed by atoms with Crippen molar-refractivity contribution >= 4 is 23.4 Å². The molecule has 5 heteroatoms. The van der Waals surface area contributed by atoms with Gasteiger partial charge in [-0.25, -0.2) is 4.79 Å². The van der Waals surface area contributed by atoms with Gasteiger partial charge >= 0.3 is 5.97 Å². The number of rotatable bonds is 2. The van der Waals surface area contributed by atoms with E-state index in [0.717, 1.165) is 0 Å². The zero-order valence-electron chi connectivity index (χ0n) is 7.53. The SMILES string of the molecule is CC(=O)O/N=C(/N)c1cccc(Cl)c1. The number of hydrogen-bond donors (Lipinski definition) is 1.